The molecule has 2 aromatic rings. The fourth-order valence-corrected chi connectivity index (χ4v) is 5.22. The Morgan fingerprint density at radius 2 is 1.85 bits per heavy atom. The number of amides is 2. The molecule has 4 atom stereocenters. The minimum atomic E-state index is -0.110. The van der Waals surface area contributed by atoms with Gasteiger partial charge in [0.15, 0.2) is 0 Å². The van der Waals surface area contributed by atoms with Crippen LogP contribution in [0.5, 0.6) is 5.75 Å². The number of benzene rings is 1. The van der Waals surface area contributed by atoms with Crippen molar-refractivity contribution >= 4 is 22.7 Å². The van der Waals surface area contributed by atoms with Crippen molar-refractivity contribution in [1.82, 2.24) is 9.88 Å². The predicted octanol–water partition coefficient (Wildman–Crippen LogP) is 2.83. The van der Waals surface area contributed by atoms with Crippen molar-refractivity contribution in [1.29, 1.82) is 0 Å². The summed E-state index contributed by atoms with van der Waals surface area (Å²) in [5.41, 5.74) is 3.28. The lowest BCUT2D eigenvalue weighted by Crippen LogP contribution is -2.34. The van der Waals surface area contributed by atoms with E-state index in [-0.39, 0.29) is 35.5 Å². The average Bonchev–Trinajstić information content (AvgIpc) is 3.37. The van der Waals surface area contributed by atoms with Gasteiger partial charge >= 0.3 is 0 Å². The van der Waals surface area contributed by atoms with Gasteiger partial charge in [0.25, 0.3) is 0 Å². The number of methoxy groups -OCH3 is 1. The lowest BCUT2D eigenvalue weighted by molar-refractivity contribution is -0.140. The first-order valence-electron chi connectivity index (χ1n) is 9.27. The molecule has 5 heteroatoms. The third-order valence-electron chi connectivity index (χ3n) is 6.47. The Hall–Kier alpha value is -2.56. The van der Waals surface area contributed by atoms with Crippen LogP contribution in [-0.4, -0.2) is 35.4 Å². The summed E-state index contributed by atoms with van der Waals surface area (Å²) in [5, 5.41) is 1.10. The van der Waals surface area contributed by atoms with Crippen molar-refractivity contribution < 1.29 is 14.3 Å². The molecule has 0 radical (unpaired) electrons. The quantitative estimate of drug-likeness (QED) is 0.681. The lowest BCUT2D eigenvalue weighted by atomic mass is 9.85. The number of nitrogens with one attached hydrogen (secondary N) is 1. The highest BCUT2D eigenvalue weighted by Gasteiger charge is 2.58. The van der Waals surface area contributed by atoms with Crippen molar-refractivity contribution in [2.45, 2.75) is 19.8 Å². The number of rotatable bonds is 4. The molecule has 1 N–H and O–H groups in total. The van der Waals surface area contributed by atoms with Crippen molar-refractivity contribution in [3.63, 3.8) is 0 Å². The summed E-state index contributed by atoms with van der Waals surface area (Å²) in [5.74, 6) is 1.20. The highest BCUT2D eigenvalue weighted by Crippen LogP contribution is 2.52. The third kappa shape index (κ3) is 2.03. The van der Waals surface area contributed by atoms with Crippen LogP contribution < -0.4 is 4.74 Å². The van der Waals surface area contributed by atoms with Gasteiger partial charge in [0.05, 0.1) is 18.9 Å². The highest BCUT2D eigenvalue weighted by molar-refractivity contribution is 6.06. The van der Waals surface area contributed by atoms with Crippen LogP contribution in [0.2, 0.25) is 0 Å². The first-order chi connectivity index (χ1) is 12.6. The van der Waals surface area contributed by atoms with Crippen molar-refractivity contribution in [2.75, 3.05) is 13.7 Å². The molecule has 2 amide bonds. The number of aryl methyl sites for hydroxylation is 1. The minimum absolute atomic E-state index is 0.0342. The van der Waals surface area contributed by atoms with E-state index in [2.05, 4.69) is 17.1 Å². The molecule has 1 aromatic carbocycles. The number of aromatic nitrogens is 1. The van der Waals surface area contributed by atoms with Crippen LogP contribution in [0.25, 0.3) is 10.9 Å². The standard InChI is InChI=1S/C21H22N2O3/c1-11-15(16-10-14(26-2)5-6-17(16)22-11)7-8-23-20(24)18-12-3-4-13(9-12)19(18)21(23)25/h3-6,10,12-13,18-19,22H,7-9H2,1-2H3/t12-,13-,18-,19+/m1/s1. The topological polar surface area (TPSA) is 62.4 Å². The van der Waals surface area contributed by atoms with Crippen LogP contribution in [0.15, 0.2) is 30.4 Å². The number of carbonyl (C=O) groups excluding carboxylic acids is 2. The smallest absolute Gasteiger partial charge is 0.233 e. The molecule has 1 aliphatic heterocycles. The Morgan fingerprint density at radius 1 is 1.15 bits per heavy atom. The first-order valence-corrected chi connectivity index (χ1v) is 9.27. The van der Waals surface area contributed by atoms with Crippen molar-refractivity contribution in [2.24, 2.45) is 23.7 Å². The maximum absolute atomic E-state index is 12.8. The summed E-state index contributed by atoms with van der Waals surface area (Å²) in [4.78, 5) is 30.6. The molecule has 1 aromatic heterocycles. The van der Waals surface area contributed by atoms with Gasteiger partial charge < -0.3 is 9.72 Å². The van der Waals surface area contributed by atoms with Crippen LogP contribution in [-0.2, 0) is 16.0 Å². The second-order valence-corrected chi connectivity index (χ2v) is 7.72. The van der Waals surface area contributed by atoms with Gasteiger partial charge in [-0.3, -0.25) is 14.5 Å². The van der Waals surface area contributed by atoms with Gasteiger partial charge in [-0.2, -0.15) is 0 Å². The van der Waals surface area contributed by atoms with Crippen molar-refractivity contribution in [3.05, 3.63) is 41.6 Å². The zero-order chi connectivity index (χ0) is 18.0. The summed E-state index contributed by atoms with van der Waals surface area (Å²) in [6.07, 6.45) is 5.91. The van der Waals surface area contributed by atoms with Gasteiger partial charge in [0.2, 0.25) is 11.8 Å². The molecule has 2 heterocycles. The summed E-state index contributed by atoms with van der Waals surface area (Å²) in [6, 6.07) is 5.95. The fraction of sp³-hybridized carbons (Fsp3) is 0.429. The second kappa shape index (κ2) is 5.47. The maximum Gasteiger partial charge on any atom is 0.233 e. The first kappa shape index (κ1) is 15.7. The molecule has 26 heavy (non-hydrogen) atoms. The number of fused-ring (bicyclic) bond motifs is 6. The number of ether oxygens (including phenoxy) is 1. The van der Waals surface area contributed by atoms with Crippen LogP contribution in [0.1, 0.15) is 17.7 Å². The third-order valence-corrected chi connectivity index (χ3v) is 6.47. The zero-order valence-corrected chi connectivity index (χ0v) is 15.0. The number of hydrogen-bond donors (Lipinski definition) is 1. The van der Waals surface area contributed by atoms with Crippen LogP contribution in [0.4, 0.5) is 0 Å². The maximum atomic E-state index is 12.8. The fourth-order valence-electron chi connectivity index (χ4n) is 5.22. The van der Waals surface area contributed by atoms with E-state index in [1.807, 2.05) is 25.1 Å². The Balaban J connectivity index is 1.40. The molecule has 0 spiro atoms. The average molecular weight is 350 g/mol. The minimum Gasteiger partial charge on any atom is -0.497 e. The molecule has 2 bridgehead atoms. The van der Waals surface area contributed by atoms with E-state index in [4.69, 9.17) is 4.74 Å². The number of allylic oxidation sites excluding steroid dienone is 2. The van der Waals surface area contributed by atoms with Gasteiger partial charge in [-0.15, -0.1) is 0 Å². The number of aromatic amines is 1. The van der Waals surface area contributed by atoms with Gasteiger partial charge in [-0.1, -0.05) is 12.2 Å². The van der Waals surface area contributed by atoms with Crippen molar-refractivity contribution in [3.8, 4) is 5.75 Å². The molecule has 5 rings (SSSR count). The number of likely N-dealkylation sites (tertiary alicyclic amines) is 1. The molecular weight excluding hydrogens is 328 g/mol. The molecular formula is C21H22N2O3. The van der Waals surface area contributed by atoms with E-state index in [1.165, 1.54) is 4.90 Å². The lowest BCUT2D eigenvalue weighted by Gasteiger charge is -2.17. The second-order valence-electron chi connectivity index (χ2n) is 7.72. The molecule has 1 saturated carbocycles. The Bertz CT molecular complexity index is 928. The zero-order valence-electron chi connectivity index (χ0n) is 15.0. The number of hydrogen-bond acceptors (Lipinski definition) is 3. The van der Waals surface area contributed by atoms with Gasteiger partial charge in [-0.05, 0) is 55.4 Å². The number of carbonyl (C=O) groups is 2. The summed E-state index contributed by atoms with van der Waals surface area (Å²) in [7, 11) is 1.66. The van der Waals surface area contributed by atoms with E-state index in [9.17, 15) is 9.59 Å². The van der Waals surface area contributed by atoms with Crippen LogP contribution in [0.3, 0.4) is 0 Å². The monoisotopic (exact) mass is 350 g/mol. The number of nitrogens with zero attached hydrogens (tertiary/aromatic N) is 1. The largest absolute Gasteiger partial charge is 0.497 e. The van der Waals surface area contributed by atoms with E-state index in [1.54, 1.807) is 7.11 Å². The van der Waals surface area contributed by atoms with Gasteiger partial charge in [0, 0.05) is 23.1 Å². The molecule has 0 unspecified atom stereocenters. The Morgan fingerprint density at radius 3 is 2.50 bits per heavy atom. The van der Waals surface area contributed by atoms with Crippen LogP contribution >= 0.6 is 0 Å². The summed E-state index contributed by atoms with van der Waals surface area (Å²) >= 11 is 0. The molecule has 1 saturated heterocycles. The van der Waals surface area contributed by atoms with Gasteiger partial charge in [-0.25, -0.2) is 0 Å². The SMILES string of the molecule is COc1ccc2[nH]c(C)c(CCN3C(=O)[C@@H]4[C@H](C3=O)[C@@H]3C=C[C@@H]4C3)c2c1. The molecule has 134 valence electrons. The summed E-state index contributed by atoms with van der Waals surface area (Å²) in [6.45, 7) is 2.49. The Labute approximate surface area is 152 Å². The van der Waals surface area contributed by atoms with E-state index in [0.717, 1.165) is 34.3 Å². The normalized spacial score (nSPS) is 29.2. The van der Waals surface area contributed by atoms with Gasteiger partial charge in [0.1, 0.15) is 5.75 Å². The van der Waals surface area contributed by atoms with E-state index in [0.29, 0.717) is 13.0 Å². The summed E-state index contributed by atoms with van der Waals surface area (Å²) < 4.78 is 5.34. The van der Waals surface area contributed by atoms with Crippen LogP contribution in [0, 0.1) is 30.6 Å². The number of H-pyrrole nitrogens is 1. The highest BCUT2D eigenvalue weighted by atomic mass is 16.5. The molecule has 2 fully saturated rings. The predicted molar refractivity (Wildman–Crippen MR) is 97.7 cm³/mol. The Kier molecular flexibility index (Phi) is 3.30. The molecule has 2 aliphatic carbocycles. The van der Waals surface area contributed by atoms with E-state index < -0.39 is 0 Å². The van der Waals surface area contributed by atoms with E-state index >= 15 is 0 Å². The molecule has 5 nitrogen and oxygen atoms in total. The number of imide groups is 1. The molecule has 3 aliphatic rings.